The van der Waals surface area contributed by atoms with Crippen molar-refractivity contribution < 1.29 is 14.6 Å². The van der Waals surface area contributed by atoms with Crippen molar-refractivity contribution in [2.24, 2.45) is 0 Å². The van der Waals surface area contributed by atoms with Gasteiger partial charge < -0.3 is 9.84 Å². The number of hydrogen-bond acceptors (Lipinski definition) is 3. The summed E-state index contributed by atoms with van der Waals surface area (Å²) in [5, 5.41) is 8.49. The van der Waals surface area contributed by atoms with Crippen LogP contribution in [0.2, 0.25) is 0 Å². The van der Waals surface area contributed by atoms with Gasteiger partial charge in [-0.25, -0.2) is 0 Å². The summed E-state index contributed by atoms with van der Waals surface area (Å²) in [5.74, 6) is -0.0981. The summed E-state index contributed by atoms with van der Waals surface area (Å²) >= 11 is 0. The highest BCUT2D eigenvalue weighted by molar-refractivity contribution is 5.69. The molecular formula is C11H22O3. The number of rotatable bonds is 9. The number of hydrogen-bond donors (Lipinski definition) is 1. The number of aliphatic hydroxyl groups is 1. The Labute approximate surface area is 86.5 Å². The second kappa shape index (κ2) is 10.5. The highest BCUT2D eigenvalue weighted by Crippen LogP contribution is 2.03. The summed E-state index contributed by atoms with van der Waals surface area (Å²) in [5.41, 5.74) is 0. The average Bonchev–Trinajstić information content (AvgIpc) is 2.19. The van der Waals surface area contributed by atoms with E-state index in [0.29, 0.717) is 19.4 Å². The molecule has 0 aliphatic carbocycles. The fraction of sp³-hybridized carbons (Fsp3) is 0.909. The number of unbranched alkanes of at least 4 members (excludes halogenated alkanes) is 4. The Morgan fingerprint density at radius 2 is 1.93 bits per heavy atom. The highest BCUT2D eigenvalue weighted by atomic mass is 16.5. The van der Waals surface area contributed by atoms with E-state index in [-0.39, 0.29) is 12.6 Å². The van der Waals surface area contributed by atoms with Crippen LogP contribution in [0.3, 0.4) is 0 Å². The molecule has 3 nitrogen and oxygen atoms in total. The number of esters is 1. The third-order valence-electron chi connectivity index (χ3n) is 2.05. The van der Waals surface area contributed by atoms with Gasteiger partial charge in [-0.2, -0.15) is 0 Å². The Hall–Kier alpha value is -0.570. The minimum Gasteiger partial charge on any atom is -0.466 e. The standard InChI is InChI=1S/C11H22O3/c1-2-3-4-5-8-11(13)14-10-7-6-9-12/h12H,2-10H2,1H3. The van der Waals surface area contributed by atoms with Gasteiger partial charge in [0, 0.05) is 13.0 Å². The molecule has 0 aromatic heterocycles. The Morgan fingerprint density at radius 3 is 2.57 bits per heavy atom. The zero-order valence-corrected chi connectivity index (χ0v) is 9.13. The van der Waals surface area contributed by atoms with Crippen LogP contribution in [-0.2, 0) is 9.53 Å². The maximum atomic E-state index is 11.1. The van der Waals surface area contributed by atoms with E-state index in [1.54, 1.807) is 0 Å². The molecular weight excluding hydrogens is 180 g/mol. The maximum absolute atomic E-state index is 11.1. The molecule has 84 valence electrons. The molecule has 14 heavy (non-hydrogen) atoms. The average molecular weight is 202 g/mol. The van der Waals surface area contributed by atoms with E-state index < -0.39 is 0 Å². The summed E-state index contributed by atoms with van der Waals surface area (Å²) in [4.78, 5) is 11.1. The summed E-state index contributed by atoms with van der Waals surface area (Å²) in [6.07, 6.45) is 6.44. The number of ether oxygens (including phenoxy) is 1. The molecule has 3 heteroatoms. The second-order valence-electron chi connectivity index (χ2n) is 3.46. The molecule has 0 bridgehead atoms. The number of carbonyl (C=O) groups excluding carboxylic acids is 1. The van der Waals surface area contributed by atoms with Gasteiger partial charge >= 0.3 is 5.97 Å². The molecule has 0 atom stereocenters. The van der Waals surface area contributed by atoms with Crippen LogP contribution in [0.1, 0.15) is 51.9 Å². The molecule has 0 rings (SSSR count). The Balaban J connectivity index is 3.11. The fourth-order valence-electron chi connectivity index (χ4n) is 1.17. The van der Waals surface area contributed by atoms with Crippen molar-refractivity contribution >= 4 is 5.97 Å². The van der Waals surface area contributed by atoms with Crippen molar-refractivity contribution in [3.8, 4) is 0 Å². The minimum atomic E-state index is -0.0981. The number of carbonyl (C=O) groups is 1. The van der Waals surface area contributed by atoms with Gasteiger partial charge in [-0.3, -0.25) is 4.79 Å². The highest BCUT2D eigenvalue weighted by Gasteiger charge is 2.01. The first-order chi connectivity index (χ1) is 6.81. The molecule has 0 aliphatic rings. The largest absolute Gasteiger partial charge is 0.466 e. The van der Waals surface area contributed by atoms with Crippen LogP contribution < -0.4 is 0 Å². The molecule has 0 saturated carbocycles. The first-order valence-corrected chi connectivity index (χ1v) is 5.57. The summed E-state index contributed by atoms with van der Waals surface area (Å²) in [7, 11) is 0. The molecule has 0 aliphatic heterocycles. The van der Waals surface area contributed by atoms with Gasteiger partial charge in [0.25, 0.3) is 0 Å². The van der Waals surface area contributed by atoms with Gasteiger partial charge in [-0.05, 0) is 19.3 Å². The van der Waals surface area contributed by atoms with Gasteiger partial charge in [0.1, 0.15) is 0 Å². The quantitative estimate of drug-likeness (QED) is 0.461. The lowest BCUT2D eigenvalue weighted by atomic mass is 10.2. The first-order valence-electron chi connectivity index (χ1n) is 5.57. The Bertz CT molecular complexity index is 120. The molecule has 0 unspecified atom stereocenters. The Morgan fingerprint density at radius 1 is 1.14 bits per heavy atom. The summed E-state index contributed by atoms with van der Waals surface area (Å²) in [6.45, 7) is 2.77. The molecule has 0 aromatic rings. The minimum absolute atomic E-state index is 0.0981. The second-order valence-corrected chi connectivity index (χ2v) is 3.46. The van der Waals surface area contributed by atoms with Crippen LogP contribution >= 0.6 is 0 Å². The van der Waals surface area contributed by atoms with Gasteiger partial charge in [-0.15, -0.1) is 0 Å². The predicted molar refractivity (Wildman–Crippen MR) is 56.0 cm³/mol. The van der Waals surface area contributed by atoms with E-state index in [0.717, 1.165) is 19.3 Å². The van der Waals surface area contributed by atoms with Gasteiger partial charge in [0.15, 0.2) is 0 Å². The lowest BCUT2D eigenvalue weighted by Crippen LogP contribution is -2.05. The predicted octanol–water partition coefficient (Wildman–Crippen LogP) is 2.27. The van der Waals surface area contributed by atoms with Crippen LogP contribution in [0.25, 0.3) is 0 Å². The van der Waals surface area contributed by atoms with Gasteiger partial charge in [0.2, 0.25) is 0 Å². The zero-order chi connectivity index (χ0) is 10.6. The number of aliphatic hydroxyl groups excluding tert-OH is 1. The Kier molecular flexibility index (Phi) is 10.1. The van der Waals surface area contributed by atoms with E-state index in [2.05, 4.69) is 6.92 Å². The third kappa shape index (κ3) is 9.52. The third-order valence-corrected chi connectivity index (χ3v) is 2.05. The van der Waals surface area contributed by atoms with E-state index in [1.165, 1.54) is 12.8 Å². The first kappa shape index (κ1) is 13.4. The topological polar surface area (TPSA) is 46.5 Å². The van der Waals surface area contributed by atoms with Crippen LogP contribution in [0.4, 0.5) is 0 Å². The van der Waals surface area contributed by atoms with Crippen LogP contribution in [0, 0.1) is 0 Å². The van der Waals surface area contributed by atoms with E-state index in [1.807, 2.05) is 0 Å². The molecule has 0 aromatic carbocycles. The van der Waals surface area contributed by atoms with E-state index in [4.69, 9.17) is 9.84 Å². The fourth-order valence-corrected chi connectivity index (χ4v) is 1.17. The van der Waals surface area contributed by atoms with E-state index in [9.17, 15) is 4.79 Å². The molecule has 0 heterocycles. The van der Waals surface area contributed by atoms with Crippen LogP contribution in [-0.4, -0.2) is 24.3 Å². The van der Waals surface area contributed by atoms with Crippen LogP contribution in [0.5, 0.6) is 0 Å². The molecule has 0 saturated heterocycles. The lowest BCUT2D eigenvalue weighted by Gasteiger charge is -2.03. The zero-order valence-electron chi connectivity index (χ0n) is 9.13. The van der Waals surface area contributed by atoms with Crippen LogP contribution in [0.15, 0.2) is 0 Å². The molecule has 0 radical (unpaired) electrons. The lowest BCUT2D eigenvalue weighted by molar-refractivity contribution is -0.143. The van der Waals surface area contributed by atoms with Gasteiger partial charge in [-0.1, -0.05) is 26.2 Å². The van der Waals surface area contributed by atoms with Crippen molar-refractivity contribution in [2.45, 2.75) is 51.9 Å². The van der Waals surface area contributed by atoms with Crippen molar-refractivity contribution in [3.63, 3.8) is 0 Å². The molecule has 0 fully saturated rings. The van der Waals surface area contributed by atoms with Crippen molar-refractivity contribution in [3.05, 3.63) is 0 Å². The SMILES string of the molecule is CCCCCCC(=O)OCCCCO. The van der Waals surface area contributed by atoms with E-state index >= 15 is 0 Å². The normalized spacial score (nSPS) is 10.1. The van der Waals surface area contributed by atoms with Crippen molar-refractivity contribution in [1.29, 1.82) is 0 Å². The van der Waals surface area contributed by atoms with Gasteiger partial charge in [0.05, 0.1) is 6.61 Å². The summed E-state index contributed by atoms with van der Waals surface area (Å²) < 4.78 is 4.97. The monoisotopic (exact) mass is 202 g/mol. The van der Waals surface area contributed by atoms with Crippen molar-refractivity contribution in [2.75, 3.05) is 13.2 Å². The summed E-state index contributed by atoms with van der Waals surface area (Å²) in [6, 6.07) is 0. The molecule has 1 N–H and O–H groups in total. The van der Waals surface area contributed by atoms with Crippen molar-refractivity contribution in [1.82, 2.24) is 0 Å². The maximum Gasteiger partial charge on any atom is 0.305 e. The smallest absolute Gasteiger partial charge is 0.305 e. The molecule has 0 amide bonds. The molecule has 0 spiro atoms.